The maximum Gasteiger partial charge on any atom is 0.252 e. The van der Waals surface area contributed by atoms with Gasteiger partial charge in [-0.1, -0.05) is 29.8 Å². The molecule has 27 heavy (non-hydrogen) atoms. The number of H-pyrrole nitrogens is 1. The number of aliphatic hydroxyl groups is 1. The Morgan fingerprint density at radius 3 is 2.74 bits per heavy atom. The van der Waals surface area contributed by atoms with E-state index in [0.29, 0.717) is 11.1 Å². The molecular weight excluding hydrogens is 342 g/mol. The summed E-state index contributed by atoms with van der Waals surface area (Å²) in [5, 5.41) is 13.4. The molecule has 0 saturated carbocycles. The van der Waals surface area contributed by atoms with Crippen LogP contribution in [0.1, 0.15) is 34.0 Å². The molecule has 1 atom stereocenters. The molecule has 0 saturated heterocycles. The van der Waals surface area contributed by atoms with Gasteiger partial charge in [0.15, 0.2) is 0 Å². The summed E-state index contributed by atoms with van der Waals surface area (Å²) in [6.07, 6.45) is 1.58. The lowest BCUT2D eigenvalue weighted by Gasteiger charge is -2.18. The lowest BCUT2D eigenvalue weighted by atomic mass is 10.0. The van der Waals surface area contributed by atoms with Crippen LogP contribution in [0.25, 0.3) is 10.9 Å². The highest BCUT2D eigenvalue weighted by Crippen LogP contribution is 2.20. The summed E-state index contributed by atoms with van der Waals surface area (Å²) >= 11 is 0. The largest absolute Gasteiger partial charge is 0.394 e. The second-order valence-electron chi connectivity index (χ2n) is 6.77. The molecule has 6 nitrogen and oxygen atoms in total. The summed E-state index contributed by atoms with van der Waals surface area (Å²) in [6.45, 7) is 5.44. The van der Waals surface area contributed by atoms with Crippen LogP contribution in [0.4, 0.5) is 0 Å². The van der Waals surface area contributed by atoms with Gasteiger partial charge < -0.3 is 15.4 Å². The van der Waals surface area contributed by atoms with E-state index in [-0.39, 0.29) is 24.5 Å². The standard InChI is InChI=1S/C21H23N3O3/c1-12-5-4-6-15(9-12)18(11-25)23-19(26)10-16-13(2)20-14(3)22-8-7-17(20)24-21(16)27/h4-9,18,25H,10-11H2,1-3H3,(H,23,26)(H,24,27)/t18-/m0/s1. The maximum absolute atomic E-state index is 12.6. The fraction of sp³-hybridized carbons (Fsp3) is 0.286. The number of aromatic nitrogens is 2. The Balaban J connectivity index is 1.87. The number of carbonyl (C=O) groups is 1. The molecule has 0 spiro atoms. The van der Waals surface area contributed by atoms with E-state index in [2.05, 4.69) is 15.3 Å². The Morgan fingerprint density at radius 1 is 1.26 bits per heavy atom. The number of amides is 1. The molecule has 3 aromatic rings. The highest BCUT2D eigenvalue weighted by Gasteiger charge is 2.18. The van der Waals surface area contributed by atoms with E-state index >= 15 is 0 Å². The number of rotatable bonds is 5. The van der Waals surface area contributed by atoms with Crippen molar-refractivity contribution in [1.29, 1.82) is 0 Å². The first kappa shape index (κ1) is 18.8. The average molecular weight is 365 g/mol. The Kier molecular flexibility index (Phi) is 5.37. The second-order valence-corrected chi connectivity index (χ2v) is 6.77. The first-order valence-corrected chi connectivity index (χ1v) is 8.84. The number of nitrogens with one attached hydrogen (secondary N) is 2. The number of benzene rings is 1. The van der Waals surface area contributed by atoms with Crippen LogP contribution in [0.2, 0.25) is 0 Å². The number of pyridine rings is 2. The molecule has 1 amide bonds. The van der Waals surface area contributed by atoms with Crippen LogP contribution in [0.5, 0.6) is 0 Å². The molecule has 0 radical (unpaired) electrons. The van der Waals surface area contributed by atoms with E-state index in [1.54, 1.807) is 12.3 Å². The van der Waals surface area contributed by atoms with Gasteiger partial charge in [0.05, 0.1) is 24.6 Å². The third-order valence-corrected chi connectivity index (χ3v) is 4.79. The molecule has 2 aromatic heterocycles. The van der Waals surface area contributed by atoms with E-state index in [0.717, 1.165) is 27.8 Å². The minimum atomic E-state index is -0.513. The predicted octanol–water partition coefficient (Wildman–Crippen LogP) is 2.24. The average Bonchev–Trinajstić information content (AvgIpc) is 2.63. The van der Waals surface area contributed by atoms with Crippen LogP contribution in [0.3, 0.4) is 0 Å². The van der Waals surface area contributed by atoms with Crippen molar-refractivity contribution in [2.24, 2.45) is 0 Å². The van der Waals surface area contributed by atoms with Crippen molar-refractivity contribution in [3.05, 3.63) is 74.8 Å². The topological polar surface area (TPSA) is 95.1 Å². The molecule has 3 N–H and O–H groups in total. The smallest absolute Gasteiger partial charge is 0.252 e. The van der Waals surface area contributed by atoms with Gasteiger partial charge in [-0.3, -0.25) is 14.6 Å². The van der Waals surface area contributed by atoms with Crippen molar-refractivity contribution in [2.75, 3.05) is 6.61 Å². The summed E-state index contributed by atoms with van der Waals surface area (Å²) in [5.41, 5.74) is 4.28. The van der Waals surface area contributed by atoms with Crippen molar-refractivity contribution < 1.29 is 9.90 Å². The van der Waals surface area contributed by atoms with Crippen molar-refractivity contribution in [1.82, 2.24) is 15.3 Å². The van der Waals surface area contributed by atoms with Crippen LogP contribution < -0.4 is 10.9 Å². The minimum Gasteiger partial charge on any atom is -0.394 e. The minimum absolute atomic E-state index is 0.0617. The van der Waals surface area contributed by atoms with Gasteiger partial charge in [-0.25, -0.2) is 0 Å². The fourth-order valence-electron chi connectivity index (χ4n) is 3.40. The molecule has 0 unspecified atom stereocenters. The quantitative estimate of drug-likeness (QED) is 0.646. The van der Waals surface area contributed by atoms with Gasteiger partial charge in [0.2, 0.25) is 5.91 Å². The Bertz CT molecular complexity index is 1060. The molecule has 1 aromatic carbocycles. The molecule has 6 heteroatoms. The molecule has 2 heterocycles. The van der Waals surface area contributed by atoms with Crippen molar-refractivity contribution in [3.8, 4) is 0 Å². The Labute approximate surface area is 157 Å². The lowest BCUT2D eigenvalue weighted by molar-refractivity contribution is -0.121. The molecule has 0 fully saturated rings. The van der Waals surface area contributed by atoms with E-state index in [1.165, 1.54) is 0 Å². The van der Waals surface area contributed by atoms with Crippen LogP contribution in [-0.2, 0) is 11.2 Å². The molecule has 0 bridgehead atoms. The summed E-state index contributed by atoms with van der Waals surface area (Å²) in [6, 6.07) is 8.85. The van der Waals surface area contributed by atoms with Crippen LogP contribution in [0, 0.1) is 20.8 Å². The van der Waals surface area contributed by atoms with Crippen molar-refractivity contribution >= 4 is 16.8 Å². The molecule has 0 aliphatic heterocycles. The fourth-order valence-corrected chi connectivity index (χ4v) is 3.40. The highest BCUT2D eigenvalue weighted by molar-refractivity contribution is 5.87. The molecular formula is C21H23N3O3. The molecule has 140 valence electrons. The summed E-state index contributed by atoms with van der Waals surface area (Å²) in [4.78, 5) is 32.1. The van der Waals surface area contributed by atoms with E-state index < -0.39 is 6.04 Å². The van der Waals surface area contributed by atoms with E-state index in [9.17, 15) is 14.7 Å². The molecule has 0 aliphatic rings. The Morgan fingerprint density at radius 2 is 2.04 bits per heavy atom. The van der Waals surface area contributed by atoms with Gasteiger partial charge in [-0.15, -0.1) is 0 Å². The lowest BCUT2D eigenvalue weighted by Crippen LogP contribution is -2.33. The Hall–Kier alpha value is -2.99. The third kappa shape index (κ3) is 3.90. The number of aromatic amines is 1. The van der Waals surface area contributed by atoms with Gasteiger partial charge in [-0.2, -0.15) is 0 Å². The normalized spacial score (nSPS) is 12.1. The summed E-state index contributed by atoms with van der Waals surface area (Å²) in [7, 11) is 0. The van der Waals surface area contributed by atoms with Crippen molar-refractivity contribution in [3.63, 3.8) is 0 Å². The number of carbonyl (C=O) groups excluding carboxylic acids is 1. The number of aryl methyl sites for hydroxylation is 3. The zero-order valence-electron chi connectivity index (χ0n) is 15.7. The predicted molar refractivity (Wildman–Crippen MR) is 105 cm³/mol. The van der Waals surface area contributed by atoms with E-state index in [4.69, 9.17) is 0 Å². The number of nitrogens with zero attached hydrogens (tertiary/aromatic N) is 1. The van der Waals surface area contributed by atoms with Crippen LogP contribution >= 0.6 is 0 Å². The zero-order chi connectivity index (χ0) is 19.6. The van der Waals surface area contributed by atoms with E-state index in [1.807, 2.05) is 45.0 Å². The number of fused-ring (bicyclic) bond motifs is 1. The van der Waals surface area contributed by atoms with Crippen LogP contribution in [0.15, 0.2) is 41.3 Å². The van der Waals surface area contributed by atoms with Gasteiger partial charge in [0, 0.05) is 22.8 Å². The first-order chi connectivity index (χ1) is 12.9. The van der Waals surface area contributed by atoms with Gasteiger partial charge in [-0.05, 0) is 38.0 Å². The summed E-state index contributed by atoms with van der Waals surface area (Å²) < 4.78 is 0. The number of hydrogen-bond donors (Lipinski definition) is 3. The summed E-state index contributed by atoms with van der Waals surface area (Å²) in [5.74, 6) is -0.315. The van der Waals surface area contributed by atoms with Gasteiger partial charge in [0.25, 0.3) is 5.56 Å². The third-order valence-electron chi connectivity index (χ3n) is 4.79. The molecule has 3 rings (SSSR count). The number of aliphatic hydroxyl groups excluding tert-OH is 1. The van der Waals surface area contributed by atoms with Crippen molar-refractivity contribution in [2.45, 2.75) is 33.2 Å². The number of hydrogen-bond acceptors (Lipinski definition) is 4. The SMILES string of the molecule is Cc1cccc([C@H](CO)NC(=O)Cc2c(C)c3c(C)nccc3[nH]c2=O)c1. The second kappa shape index (κ2) is 7.72. The molecule has 0 aliphatic carbocycles. The highest BCUT2D eigenvalue weighted by atomic mass is 16.3. The monoisotopic (exact) mass is 365 g/mol. The maximum atomic E-state index is 12.6. The van der Waals surface area contributed by atoms with Crippen LogP contribution in [-0.4, -0.2) is 27.6 Å². The first-order valence-electron chi connectivity index (χ1n) is 8.84. The van der Waals surface area contributed by atoms with Gasteiger partial charge >= 0.3 is 0 Å². The van der Waals surface area contributed by atoms with Gasteiger partial charge in [0.1, 0.15) is 0 Å². The zero-order valence-corrected chi connectivity index (χ0v) is 15.7.